The van der Waals surface area contributed by atoms with Gasteiger partial charge in [0.25, 0.3) is 0 Å². The van der Waals surface area contributed by atoms with Gasteiger partial charge in [-0.15, -0.1) is 0 Å². The van der Waals surface area contributed by atoms with Gasteiger partial charge in [0.05, 0.1) is 5.39 Å². The lowest BCUT2D eigenvalue weighted by molar-refractivity contribution is 0.667. The molecule has 0 aliphatic rings. The van der Waals surface area contributed by atoms with Crippen LogP contribution in [0.25, 0.3) is 38.7 Å². The summed E-state index contributed by atoms with van der Waals surface area (Å²) >= 11 is 0. The zero-order chi connectivity index (χ0) is 18.5. The number of pyridine rings is 2. The highest BCUT2D eigenvalue weighted by Gasteiger charge is 2.18. The highest BCUT2D eigenvalue weighted by Crippen LogP contribution is 2.34. The van der Waals surface area contributed by atoms with Crippen molar-refractivity contribution in [2.24, 2.45) is 0 Å². The van der Waals surface area contributed by atoms with Crippen molar-refractivity contribution in [3.05, 3.63) is 90.3 Å². The van der Waals surface area contributed by atoms with Crippen LogP contribution in [0.4, 0.5) is 0 Å². The molecule has 0 aliphatic heterocycles. The second kappa shape index (κ2) is 5.92. The van der Waals surface area contributed by atoms with Gasteiger partial charge in [-0.2, -0.15) is 0 Å². The molecule has 4 nitrogen and oxygen atoms in total. The lowest BCUT2D eigenvalue weighted by Crippen LogP contribution is -2.01. The third kappa shape index (κ3) is 2.24. The van der Waals surface area contributed by atoms with E-state index in [-0.39, 0.29) is 0 Å². The Morgan fingerprint density at radius 2 is 1.64 bits per heavy atom. The second-order valence-corrected chi connectivity index (χ2v) is 7.08. The van der Waals surface area contributed by atoms with Crippen LogP contribution in [-0.4, -0.2) is 14.4 Å². The third-order valence-electron chi connectivity index (χ3n) is 5.36. The highest BCUT2D eigenvalue weighted by atomic mass is 16.3. The van der Waals surface area contributed by atoms with Crippen LogP contribution in [0.5, 0.6) is 0 Å². The normalized spacial score (nSPS) is 11.9. The molecular weight excluding hydrogens is 346 g/mol. The molecule has 0 spiro atoms. The van der Waals surface area contributed by atoms with Gasteiger partial charge in [-0.1, -0.05) is 48.5 Å². The third-order valence-corrected chi connectivity index (χ3v) is 5.36. The molecule has 28 heavy (non-hydrogen) atoms. The van der Waals surface area contributed by atoms with E-state index in [2.05, 4.69) is 51.8 Å². The molecule has 4 heteroatoms. The molecule has 0 fully saturated rings. The van der Waals surface area contributed by atoms with Crippen LogP contribution in [-0.2, 0) is 12.8 Å². The molecule has 0 radical (unpaired) electrons. The zero-order valence-electron chi connectivity index (χ0n) is 15.2. The first-order valence-corrected chi connectivity index (χ1v) is 9.49. The monoisotopic (exact) mass is 363 g/mol. The quantitative estimate of drug-likeness (QED) is 0.413. The van der Waals surface area contributed by atoms with Crippen molar-refractivity contribution < 1.29 is 4.42 Å². The average molecular weight is 363 g/mol. The summed E-state index contributed by atoms with van der Waals surface area (Å²) in [5.41, 5.74) is 6.96. The van der Waals surface area contributed by atoms with Crippen molar-refractivity contribution in [1.29, 1.82) is 0 Å². The van der Waals surface area contributed by atoms with Crippen LogP contribution in [0.15, 0.2) is 83.4 Å². The Morgan fingerprint density at radius 3 is 2.57 bits per heavy atom. The maximum Gasteiger partial charge on any atom is 0.164 e. The predicted octanol–water partition coefficient (Wildman–Crippen LogP) is 5.57. The molecule has 0 saturated heterocycles. The smallest absolute Gasteiger partial charge is 0.164 e. The summed E-state index contributed by atoms with van der Waals surface area (Å²) in [4.78, 5) is 9.55. The number of aryl methyl sites for hydroxylation is 2. The van der Waals surface area contributed by atoms with Gasteiger partial charge >= 0.3 is 0 Å². The number of imidazole rings is 1. The summed E-state index contributed by atoms with van der Waals surface area (Å²) < 4.78 is 8.37. The molecule has 0 bridgehead atoms. The van der Waals surface area contributed by atoms with Crippen molar-refractivity contribution in [3.8, 4) is 0 Å². The Kier molecular flexibility index (Phi) is 3.26. The SMILES string of the molecule is c1ccc(CCc2cc3oc4ccccc4c3c3nc4cccnc4n23)cc1. The van der Waals surface area contributed by atoms with E-state index in [1.807, 2.05) is 36.5 Å². The number of rotatable bonds is 3. The average Bonchev–Trinajstić information content (AvgIpc) is 3.31. The molecule has 4 heterocycles. The van der Waals surface area contributed by atoms with E-state index in [9.17, 15) is 0 Å². The molecule has 2 aromatic carbocycles. The fraction of sp³-hybridized carbons (Fsp3) is 0.0833. The van der Waals surface area contributed by atoms with Gasteiger partial charge in [-0.3, -0.25) is 4.40 Å². The Hall–Kier alpha value is -3.66. The number of furan rings is 1. The molecule has 0 atom stereocenters. The fourth-order valence-corrected chi connectivity index (χ4v) is 4.07. The lowest BCUT2D eigenvalue weighted by atomic mass is 10.1. The van der Waals surface area contributed by atoms with Crippen molar-refractivity contribution in [2.75, 3.05) is 0 Å². The molecule has 134 valence electrons. The van der Waals surface area contributed by atoms with E-state index in [0.29, 0.717) is 0 Å². The van der Waals surface area contributed by atoms with Crippen molar-refractivity contribution in [2.45, 2.75) is 12.8 Å². The molecule has 0 N–H and O–H groups in total. The van der Waals surface area contributed by atoms with Gasteiger partial charge < -0.3 is 4.42 Å². The van der Waals surface area contributed by atoms with Gasteiger partial charge in [0.2, 0.25) is 0 Å². The standard InChI is InChI=1S/C24H17N3O/c1-2-7-16(8-3-1)12-13-17-15-21-22(18-9-4-5-11-20(18)28-21)24-26-19-10-6-14-25-23(19)27(17)24/h1-11,14-15H,12-13H2. The summed E-state index contributed by atoms with van der Waals surface area (Å²) in [5, 5.41) is 2.14. The molecule has 0 saturated carbocycles. The number of nitrogens with zero attached hydrogens (tertiary/aromatic N) is 3. The van der Waals surface area contributed by atoms with Crippen molar-refractivity contribution in [3.63, 3.8) is 0 Å². The first-order chi connectivity index (χ1) is 13.9. The van der Waals surface area contributed by atoms with E-state index in [1.165, 1.54) is 5.56 Å². The van der Waals surface area contributed by atoms with Crippen LogP contribution in [0.1, 0.15) is 11.3 Å². The van der Waals surface area contributed by atoms with E-state index >= 15 is 0 Å². The predicted molar refractivity (Wildman–Crippen MR) is 112 cm³/mol. The first-order valence-electron chi connectivity index (χ1n) is 9.49. The summed E-state index contributed by atoms with van der Waals surface area (Å²) in [5.74, 6) is 0. The Morgan fingerprint density at radius 1 is 0.786 bits per heavy atom. The molecule has 6 rings (SSSR count). The van der Waals surface area contributed by atoms with Gasteiger partial charge in [0.1, 0.15) is 16.7 Å². The Labute approximate surface area is 161 Å². The number of hydrogen-bond donors (Lipinski definition) is 0. The number of benzene rings is 2. The minimum atomic E-state index is 0.882. The fourth-order valence-electron chi connectivity index (χ4n) is 4.07. The van der Waals surface area contributed by atoms with Gasteiger partial charge in [-0.05, 0) is 36.6 Å². The van der Waals surface area contributed by atoms with E-state index in [1.54, 1.807) is 0 Å². The van der Waals surface area contributed by atoms with E-state index in [0.717, 1.165) is 57.3 Å². The van der Waals surface area contributed by atoms with Crippen LogP contribution in [0.2, 0.25) is 0 Å². The summed E-state index contributed by atoms with van der Waals surface area (Å²) in [6.45, 7) is 0. The lowest BCUT2D eigenvalue weighted by Gasteiger charge is -2.07. The van der Waals surface area contributed by atoms with Crippen molar-refractivity contribution >= 4 is 38.7 Å². The molecular formula is C24H17N3O. The largest absolute Gasteiger partial charge is 0.456 e. The minimum Gasteiger partial charge on any atom is -0.456 e. The summed E-state index contributed by atoms with van der Waals surface area (Å²) in [6.07, 6.45) is 3.67. The van der Waals surface area contributed by atoms with Crippen LogP contribution >= 0.6 is 0 Å². The Balaban J connectivity index is 1.66. The number of aromatic nitrogens is 3. The van der Waals surface area contributed by atoms with E-state index in [4.69, 9.17) is 9.40 Å². The van der Waals surface area contributed by atoms with Crippen LogP contribution < -0.4 is 0 Å². The van der Waals surface area contributed by atoms with Gasteiger partial charge in [0.15, 0.2) is 11.3 Å². The number of para-hydroxylation sites is 1. The molecule has 0 amide bonds. The highest BCUT2D eigenvalue weighted by molar-refractivity contribution is 6.13. The van der Waals surface area contributed by atoms with Gasteiger partial charge in [0, 0.05) is 23.3 Å². The van der Waals surface area contributed by atoms with E-state index < -0.39 is 0 Å². The molecule has 0 unspecified atom stereocenters. The maximum atomic E-state index is 6.18. The van der Waals surface area contributed by atoms with Crippen LogP contribution in [0.3, 0.4) is 0 Å². The maximum absolute atomic E-state index is 6.18. The second-order valence-electron chi connectivity index (χ2n) is 7.08. The summed E-state index contributed by atoms with van der Waals surface area (Å²) in [6, 6.07) is 24.8. The summed E-state index contributed by atoms with van der Waals surface area (Å²) in [7, 11) is 0. The molecule has 0 aliphatic carbocycles. The Bertz CT molecular complexity index is 1460. The molecule has 4 aromatic heterocycles. The van der Waals surface area contributed by atoms with Crippen molar-refractivity contribution in [1.82, 2.24) is 14.4 Å². The number of fused-ring (bicyclic) bond motifs is 7. The van der Waals surface area contributed by atoms with Crippen LogP contribution in [0, 0.1) is 0 Å². The topological polar surface area (TPSA) is 43.3 Å². The number of hydrogen-bond acceptors (Lipinski definition) is 3. The van der Waals surface area contributed by atoms with Gasteiger partial charge in [-0.25, -0.2) is 9.97 Å². The molecule has 6 aromatic rings. The first kappa shape index (κ1) is 15.4. The minimum absolute atomic E-state index is 0.882. The zero-order valence-corrected chi connectivity index (χ0v) is 15.2.